The van der Waals surface area contributed by atoms with Gasteiger partial charge < -0.3 is 5.32 Å². The number of pyridine rings is 1. The quantitative estimate of drug-likeness (QED) is 0.856. The van der Waals surface area contributed by atoms with Crippen molar-refractivity contribution in [3.8, 4) is 0 Å². The second-order valence-electron chi connectivity index (χ2n) is 6.07. The van der Waals surface area contributed by atoms with Crippen LogP contribution in [0.1, 0.15) is 50.6 Å². The van der Waals surface area contributed by atoms with Crippen LogP contribution >= 0.6 is 0 Å². The molecule has 0 saturated heterocycles. The van der Waals surface area contributed by atoms with Gasteiger partial charge in [0.15, 0.2) is 0 Å². The molecule has 2 heteroatoms. The number of aromatic nitrogens is 1. The molecule has 2 aliphatic carbocycles. The van der Waals surface area contributed by atoms with Crippen LogP contribution in [0.5, 0.6) is 0 Å². The molecule has 2 nitrogen and oxygen atoms in total. The fraction of sp³-hybridized carbons (Fsp3) is 0.688. The lowest BCUT2D eigenvalue weighted by atomic mass is 9.83. The van der Waals surface area contributed by atoms with E-state index in [4.69, 9.17) is 0 Å². The molecule has 0 radical (unpaired) electrons. The van der Waals surface area contributed by atoms with E-state index in [9.17, 15) is 0 Å². The molecule has 1 aromatic heterocycles. The van der Waals surface area contributed by atoms with Gasteiger partial charge in [-0.15, -0.1) is 0 Å². The first-order valence-corrected chi connectivity index (χ1v) is 7.50. The standard InChI is InChI=1S/C16H24N2/c1-2-18-16(14-4-3-7-17-11-14)10-15-9-12-5-6-13(15)8-12/h3-4,7,11-13,15-16,18H,2,5-6,8-10H2,1H3. The predicted molar refractivity (Wildman–Crippen MR) is 74.2 cm³/mol. The molecule has 18 heavy (non-hydrogen) atoms. The Labute approximate surface area is 110 Å². The fourth-order valence-corrected chi connectivity index (χ4v) is 4.13. The maximum Gasteiger partial charge on any atom is 0.0338 e. The van der Waals surface area contributed by atoms with Gasteiger partial charge in [0.05, 0.1) is 0 Å². The minimum absolute atomic E-state index is 0.507. The second-order valence-corrected chi connectivity index (χ2v) is 6.07. The molecule has 2 fully saturated rings. The van der Waals surface area contributed by atoms with Crippen LogP contribution in [-0.2, 0) is 0 Å². The van der Waals surface area contributed by atoms with Crippen LogP contribution in [0.3, 0.4) is 0 Å². The van der Waals surface area contributed by atoms with E-state index in [1.165, 1.54) is 37.7 Å². The average Bonchev–Trinajstić information content (AvgIpc) is 3.01. The first-order chi connectivity index (χ1) is 8.86. The Bertz CT molecular complexity index is 376. The SMILES string of the molecule is CCNC(CC1CC2CCC1C2)c1cccnc1. The molecule has 0 amide bonds. The van der Waals surface area contributed by atoms with Gasteiger partial charge in [-0.1, -0.05) is 19.4 Å². The highest BCUT2D eigenvalue weighted by Crippen LogP contribution is 2.50. The summed E-state index contributed by atoms with van der Waals surface area (Å²) in [6.45, 7) is 3.24. The Morgan fingerprint density at radius 2 is 2.33 bits per heavy atom. The molecule has 0 spiro atoms. The molecular weight excluding hydrogens is 220 g/mol. The molecule has 0 aliphatic heterocycles. The monoisotopic (exact) mass is 244 g/mol. The lowest BCUT2D eigenvalue weighted by molar-refractivity contribution is 0.280. The van der Waals surface area contributed by atoms with Crippen molar-refractivity contribution in [2.75, 3.05) is 6.54 Å². The van der Waals surface area contributed by atoms with Crippen LogP contribution in [0.15, 0.2) is 24.5 Å². The minimum Gasteiger partial charge on any atom is -0.310 e. The number of nitrogens with one attached hydrogen (secondary N) is 1. The molecule has 1 heterocycles. The van der Waals surface area contributed by atoms with Gasteiger partial charge in [-0.25, -0.2) is 0 Å². The van der Waals surface area contributed by atoms with Crippen molar-refractivity contribution in [1.29, 1.82) is 0 Å². The van der Waals surface area contributed by atoms with Crippen LogP contribution in [0, 0.1) is 17.8 Å². The summed E-state index contributed by atoms with van der Waals surface area (Å²) < 4.78 is 0. The van der Waals surface area contributed by atoms with Crippen LogP contribution in [-0.4, -0.2) is 11.5 Å². The number of nitrogens with zero attached hydrogens (tertiary/aromatic N) is 1. The van der Waals surface area contributed by atoms with E-state index >= 15 is 0 Å². The van der Waals surface area contributed by atoms with Gasteiger partial charge >= 0.3 is 0 Å². The number of hydrogen-bond acceptors (Lipinski definition) is 2. The van der Waals surface area contributed by atoms with Gasteiger partial charge in [-0.2, -0.15) is 0 Å². The summed E-state index contributed by atoms with van der Waals surface area (Å²) in [6, 6.07) is 4.78. The molecule has 3 rings (SSSR count). The van der Waals surface area contributed by atoms with Gasteiger partial charge in [0, 0.05) is 18.4 Å². The maximum absolute atomic E-state index is 4.27. The molecule has 2 saturated carbocycles. The lowest BCUT2D eigenvalue weighted by Gasteiger charge is -2.27. The molecule has 1 N–H and O–H groups in total. The van der Waals surface area contributed by atoms with Gasteiger partial charge in [-0.3, -0.25) is 4.98 Å². The Balaban J connectivity index is 1.67. The lowest BCUT2D eigenvalue weighted by Crippen LogP contribution is -2.25. The zero-order chi connectivity index (χ0) is 12.4. The summed E-state index contributed by atoms with van der Waals surface area (Å²) in [5.41, 5.74) is 1.36. The van der Waals surface area contributed by atoms with E-state index in [1.807, 2.05) is 12.4 Å². The zero-order valence-electron chi connectivity index (χ0n) is 11.3. The van der Waals surface area contributed by atoms with Crippen molar-refractivity contribution < 1.29 is 0 Å². The fourth-order valence-electron chi connectivity index (χ4n) is 4.13. The third-order valence-corrected chi connectivity index (χ3v) is 4.96. The van der Waals surface area contributed by atoms with E-state index < -0.39 is 0 Å². The third-order valence-electron chi connectivity index (χ3n) is 4.96. The summed E-state index contributed by atoms with van der Waals surface area (Å²) in [5.74, 6) is 3.03. The van der Waals surface area contributed by atoms with Crippen molar-refractivity contribution >= 4 is 0 Å². The molecule has 2 aliphatic rings. The van der Waals surface area contributed by atoms with Crippen molar-refractivity contribution in [2.24, 2.45) is 17.8 Å². The molecule has 4 unspecified atom stereocenters. The van der Waals surface area contributed by atoms with E-state index in [2.05, 4.69) is 29.4 Å². The topological polar surface area (TPSA) is 24.9 Å². The van der Waals surface area contributed by atoms with Crippen molar-refractivity contribution in [1.82, 2.24) is 10.3 Å². The molecule has 1 aromatic rings. The first kappa shape index (κ1) is 12.2. The Hall–Kier alpha value is -0.890. The molecule has 2 bridgehead atoms. The summed E-state index contributed by atoms with van der Waals surface area (Å²) in [5, 5.41) is 3.65. The molecule has 98 valence electrons. The highest BCUT2D eigenvalue weighted by Gasteiger charge is 2.40. The van der Waals surface area contributed by atoms with Gasteiger partial charge in [0.2, 0.25) is 0 Å². The smallest absolute Gasteiger partial charge is 0.0338 e. The minimum atomic E-state index is 0.507. The van der Waals surface area contributed by atoms with E-state index in [-0.39, 0.29) is 0 Å². The van der Waals surface area contributed by atoms with Crippen molar-refractivity contribution in [3.63, 3.8) is 0 Å². The maximum atomic E-state index is 4.27. The van der Waals surface area contributed by atoms with Gasteiger partial charge in [0.1, 0.15) is 0 Å². The highest BCUT2D eigenvalue weighted by atomic mass is 14.9. The highest BCUT2D eigenvalue weighted by molar-refractivity contribution is 5.14. The Kier molecular flexibility index (Phi) is 3.64. The van der Waals surface area contributed by atoms with Gasteiger partial charge in [0.25, 0.3) is 0 Å². The largest absolute Gasteiger partial charge is 0.310 e. The summed E-state index contributed by atoms with van der Waals surface area (Å²) in [7, 11) is 0. The van der Waals surface area contributed by atoms with Crippen LogP contribution in [0.2, 0.25) is 0 Å². The van der Waals surface area contributed by atoms with Crippen molar-refractivity contribution in [3.05, 3.63) is 30.1 Å². The number of fused-ring (bicyclic) bond motifs is 2. The summed E-state index contributed by atoms with van der Waals surface area (Å²) in [4.78, 5) is 4.27. The van der Waals surface area contributed by atoms with Gasteiger partial charge in [-0.05, 0) is 61.6 Å². The van der Waals surface area contributed by atoms with E-state index in [0.29, 0.717) is 6.04 Å². The zero-order valence-corrected chi connectivity index (χ0v) is 11.3. The van der Waals surface area contributed by atoms with E-state index in [0.717, 1.165) is 24.3 Å². The summed E-state index contributed by atoms with van der Waals surface area (Å²) >= 11 is 0. The first-order valence-electron chi connectivity index (χ1n) is 7.50. The average molecular weight is 244 g/mol. The number of rotatable bonds is 5. The van der Waals surface area contributed by atoms with Crippen molar-refractivity contribution in [2.45, 2.75) is 45.1 Å². The molecule has 0 aromatic carbocycles. The van der Waals surface area contributed by atoms with Crippen LogP contribution in [0.4, 0.5) is 0 Å². The number of hydrogen-bond donors (Lipinski definition) is 1. The molecule has 4 atom stereocenters. The predicted octanol–water partition coefficient (Wildman–Crippen LogP) is 3.56. The van der Waals surface area contributed by atoms with Crippen LogP contribution < -0.4 is 5.32 Å². The summed E-state index contributed by atoms with van der Waals surface area (Å²) in [6.07, 6.45) is 11.2. The Morgan fingerprint density at radius 3 is 2.94 bits per heavy atom. The molecular formula is C16H24N2. The van der Waals surface area contributed by atoms with Crippen LogP contribution in [0.25, 0.3) is 0 Å². The Morgan fingerprint density at radius 1 is 1.39 bits per heavy atom. The second kappa shape index (κ2) is 5.40. The van der Waals surface area contributed by atoms with E-state index in [1.54, 1.807) is 0 Å². The third kappa shape index (κ3) is 2.44. The normalized spacial score (nSPS) is 31.7.